The highest BCUT2D eigenvalue weighted by Crippen LogP contribution is 2.34. The molecule has 1 saturated heterocycles. The van der Waals surface area contributed by atoms with Crippen molar-refractivity contribution >= 4 is 55.8 Å². The van der Waals surface area contributed by atoms with Crippen LogP contribution in [0, 0.1) is 12.8 Å². The van der Waals surface area contributed by atoms with Crippen molar-refractivity contribution in [3.63, 3.8) is 0 Å². The molecule has 0 spiro atoms. The van der Waals surface area contributed by atoms with E-state index in [1.165, 1.54) is 0 Å². The third kappa shape index (κ3) is 3.80. The Morgan fingerprint density at radius 3 is 2.81 bits per heavy atom. The minimum atomic E-state index is -0.0401. The van der Waals surface area contributed by atoms with Crippen LogP contribution in [0.1, 0.15) is 18.6 Å². The van der Waals surface area contributed by atoms with Gasteiger partial charge in [0, 0.05) is 46.8 Å². The Morgan fingerprint density at radius 2 is 2.11 bits per heavy atom. The summed E-state index contributed by atoms with van der Waals surface area (Å²) in [5.74, 6) is 1.10. The van der Waals surface area contributed by atoms with Gasteiger partial charge < -0.3 is 14.7 Å². The summed E-state index contributed by atoms with van der Waals surface area (Å²) in [5, 5.41) is 8.29. The molecule has 0 atom stereocenters. The molecule has 8 heteroatoms. The molecule has 4 rings (SSSR count). The van der Waals surface area contributed by atoms with Crippen LogP contribution in [0.2, 0.25) is 5.02 Å². The second-order valence-corrected chi connectivity index (χ2v) is 8.01. The Kier molecular flexibility index (Phi) is 5.06. The highest BCUT2D eigenvalue weighted by atomic mass is 79.9. The van der Waals surface area contributed by atoms with Crippen LogP contribution in [-0.2, 0) is 4.79 Å². The molecule has 6 nitrogen and oxygen atoms in total. The molecule has 1 aliphatic rings. The number of rotatable bonds is 3. The maximum absolute atomic E-state index is 12.5. The number of carbonyl (C=O) groups is 1. The molecule has 1 fully saturated rings. The smallest absolute Gasteiger partial charge is 0.228 e. The second kappa shape index (κ2) is 7.48. The van der Waals surface area contributed by atoms with E-state index in [0.29, 0.717) is 16.6 Å². The number of pyridine rings is 1. The number of carbonyl (C=O) groups excluding carboxylic acids is 1. The molecule has 140 valence electrons. The number of anilines is 2. The van der Waals surface area contributed by atoms with Gasteiger partial charge in [0.2, 0.25) is 5.91 Å². The first-order chi connectivity index (χ1) is 13.0. The number of benzene rings is 1. The van der Waals surface area contributed by atoms with Gasteiger partial charge in [0.15, 0.2) is 5.82 Å². The second-order valence-electron chi connectivity index (χ2n) is 6.69. The number of nitrogens with zero attached hydrogens (tertiary/aromatic N) is 3. The fraction of sp³-hybridized carbons (Fsp3) is 0.316. The molecule has 1 aromatic carbocycles. The number of fused-ring (bicyclic) bond motifs is 1. The van der Waals surface area contributed by atoms with Gasteiger partial charge >= 0.3 is 0 Å². The SMILES string of the molecule is Cc1cc(NC(=O)C2CCN(c3ccnc4c(Cl)cc(Br)cc34)CC2)no1. The molecule has 0 unspecified atom stereocenters. The van der Waals surface area contributed by atoms with Crippen LogP contribution < -0.4 is 10.2 Å². The molecule has 27 heavy (non-hydrogen) atoms. The molecule has 2 aromatic heterocycles. The summed E-state index contributed by atoms with van der Waals surface area (Å²) < 4.78 is 5.92. The van der Waals surface area contributed by atoms with Crippen molar-refractivity contribution in [3.8, 4) is 0 Å². The first kappa shape index (κ1) is 18.3. The summed E-state index contributed by atoms with van der Waals surface area (Å²) in [4.78, 5) is 19.2. The lowest BCUT2D eigenvalue weighted by Gasteiger charge is -2.33. The summed E-state index contributed by atoms with van der Waals surface area (Å²) >= 11 is 9.85. The van der Waals surface area contributed by atoms with E-state index < -0.39 is 0 Å². The van der Waals surface area contributed by atoms with Crippen LogP contribution in [0.4, 0.5) is 11.5 Å². The van der Waals surface area contributed by atoms with Gasteiger partial charge in [-0.15, -0.1) is 0 Å². The van der Waals surface area contributed by atoms with E-state index in [1.807, 2.05) is 18.2 Å². The van der Waals surface area contributed by atoms with Gasteiger partial charge in [0.1, 0.15) is 5.76 Å². The zero-order valence-corrected chi connectivity index (χ0v) is 17.0. The van der Waals surface area contributed by atoms with E-state index in [0.717, 1.165) is 47.0 Å². The third-order valence-electron chi connectivity index (χ3n) is 4.83. The number of amides is 1. The number of aromatic nitrogens is 2. The van der Waals surface area contributed by atoms with Crippen molar-refractivity contribution < 1.29 is 9.32 Å². The molecular weight excluding hydrogens is 432 g/mol. The molecule has 1 N–H and O–H groups in total. The van der Waals surface area contributed by atoms with Crippen molar-refractivity contribution in [3.05, 3.63) is 45.7 Å². The van der Waals surface area contributed by atoms with Gasteiger partial charge in [0.05, 0.1) is 10.5 Å². The molecule has 0 aliphatic carbocycles. The zero-order chi connectivity index (χ0) is 19.0. The highest BCUT2D eigenvalue weighted by Gasteiger charge is 2.26. The normalized spacial score (nSPS) is 15.3. The average Bonchev–Trinajstić information content (AvgIpc) is 3.06. The van der Waals surface area contributed by atoms with E-state index in [4.69, 9.17) is 16.1 Å². The molecule has 3 aromatic rings. The number of aryl methyl sites for hydroxylation is 1. The van der Waals surface area contributed by atoms with Crippen LogP contribution in [0.15, 0.2) is 39.5 Å². The van der Waals surface area contributed by atoms with Crippen molar-refractivity contribution in [2.45, 2.75) is 19.8 Å². The largest absolute Gasteiger partial charge is 0.371 e. The molecule has 0 bridgehead atoms. The van der Waals surface area contributed by atoms with E-state index in [-0.39, 0.29) is 11.8 Å². The van der Waals surface area contributed by atoms with Crippen LogP contribution in [0.3, 0.4) is 0 Å². The zero-order valence-electron chi connectivity index (χ0n) is 14.7. The van der Waals surface area contributed by atoms with Crippen LogP contribution in [-0.4, -0.2) is 29.1 Å². The number of hydrogen-bond acceptors (Lipinski definition) is 5. The lowest BCUT2D eigenvalue weighted by molar-refractivity contribution is -0.120. The summed E-state index contributed by atoms with van der Waals surface area (Å²) in [6.45, 7) is 3.38. The Balaban J connectivity index is 1.48. The molecular formula is C19H18BrClN4O2. The minimum Gasteiger partial charge on any atom is -0.371 e. The summed E-state index contributed by atoms with van der Waals surface area (Å²) in [5.41, 5.74) is 1.88. The standard InChI is InChI=1S/C19H18BrClN4O2/c1-11-8-17(24-27-11)23-19(26)12-3-6-25(7-4-12)16-2-5-22-18-14(16)9-13(20)10-15(18)21/h2,5,8-10,12H,3-4,6-7H2,1H3,(H,23,24,26). The monoisotopic (exact) mass is 448 g/mol. The summed E-state index contributed by atoms with van der Waals surface area (Å²) in [6, 6.07) is 7.61. The lowest BCUT2D eigenvalue weighted by Crippen LogP contribution is -2.38. The molecule has 3 heterocycles. The fourth-order valence-corrected chi connectivity index (χ4v) is 4.33. The Hall–Kier alpha value is -2.12. The van der Waals surface area contributed by atoms with Gasteiger partial charge in [-0.1, -0.05) is 32.7 Å². The predicted octanol–water partition coefficient (Wildman–Crippen LogP) is 4.80. The Labute approximate surface area is 170 Å². The summed E-state index contributed by atoms with van der Waals surface area (Å²) in [7, 11) is 0. The van der Waals surface area contributed by atoms with Gasteiger partial charge in [-0.3, -0.25) is 9.78 Å². The van der Waals surface area contributed by atoms with Crippen LogP contribution in [0.25, 0.3) is 10.9 Å². The van der Waals surface area contributed by atoms with Crippen LogP contribution in [0.5, 0.6) is 0 Å². The van der Waals surface area contributed by atoms with Crippen molar-refractivity contribution in [1.29, 1.82) is 0 Å². The quantitative estimate of drug-likeness (QED) is 0.622. The molecule has 0 saturated carbocycles. The summed E-state index contributed by atoms with van der Waals surface area (Å²) in [6.07, 6.45) is 3.32. The van der Waals surface area contributed by atoms with E-state index >= 15 is 0 Å². The fourth-order valence-electron chi connectivity index (χ4n) is 3.48. The number of nitrogens with one attached hydrogen (secondary N) is 1. The van der Waals surface area contributed by atoms with Gasteiger partial charge in [-0.2, -0.15) is 0 Å². The Morgan fingerprint density at radius 1 is 1.33 bits per heavy atom. The third-order valence-corrected chi connectivity index (χ3v) is 5.57. The van der Waals surface area contributed by atoms with E-state index in [9.17, 15) is 4.79 Å². The van der Waals surface area contributed by atoms with E-state index in [1.54, 1.807) is 19.2 Å². The minimum absolute atomic E-state index is 0.00618. The van der Waals surface area contributed by atoms with Gasteiger partial charge in [-0.05, 0) is 38.0 Å². The first-order valence-electron chi connectivity index (χ1n) is 8.74. The molecule has 1 aliphatic heterocycles. The van der Waals surface area contributed by atoms with E-state index in [2.05, 4.69) is 36.3 Å². The number of piperidine rings is 1. The van der Waals surface area contributed by atoms with Crippen molar-refractivity contribution in [1.82, 2.24) is 10.1 Å². The van der Waals surface area contributed by atoms with Gasteiger partial charge in [0.25, 0.3) is 0 Å². The van der Waals surface area contributed by atoms with Crippen LogP contribution >= 0.6 is 27.5 Å². The Bertz CT molecular complexity index is 999. The van der Waals surface area contributed by atoms with Crippen molar-refractivity contribution in [2.24, 2.45) is 5.92 Å². The maximum Gasteiger partial charge on any atom is 0.228 e. The number of halogens is 2. The topological polar surface area (TPSA) is 71.3 Å². The van der Waals surface area contributed by atoms with Crippen molar-refractivity contribution in [2.75, 3.05) is 23.3 Å². The first-order valence-corrected chi connectivity index (χ1v) is 9.91. The highest BCUT2D eigenvalue weighted by molar-refractivity contribution is 9.10. The molecule has 1 amide bonds. The maximum atomic E-state index is 12.5. The number of hydrogen-bond donors (Lipinski definition) is 1. The predicted molar refractivity (Wildman–Crippen MR) is 109 cm³/mol. The molecule has 0 radical (unpaired) electrons. The van der Waals surface area contributed by atoms with Gasteiger partial charge in [-0.25, -0.2) is 0 Å². The lowest BCUT2D eigenvalue weighted by atomic mass is 9.95. The average molecular weight is 450 g/mol.